The molecule has 23 heavy (non-hydrogen) atoms. The van der Waals surface area contributed by atoms with Crippen LogP contribution in [0.4, 0.5) is 0 Å². The maximum absolute atomic E-state index is 9.73. The summed E-state index contributed by atoms with van der Waals surface area (Å²) in [4.78, 5) is 0. The second kappa shape index (κ2) is 4.44. The minimum absolute atomic E-state index is 0.715. The van der Waals surface area contributed by atoms with Gasteiger partial charge in [0.2, 0.25) is 0 Å². The van der Waals surface area contributed by atoms with Crippen molar-refractivity contribution in [2.24, 2.45) is 0 Å². The maximum Gasteiger partial charge on any atom is 0.101 e. The van der Waals surface area contributed by atoms with E-state index in [1.54, 1.807) is 0 Å². The molecule has 5 rings (SSSR count). The quantitative estimate of drug-likeness (QED) is 0.234. The summed E-state index contributed by atoms with van der Waals surface area (Å²) in [5, 5.41) is 19.2. The van der Waals surface area contributed by atoms with E-state index in [2.05, 4.69) is 82.7 Å². The molecule has 0 aromatic heterocycles. The lowest BCUT2D eigenvalue weighted by Crippen LogP contribution is -1.90. The summed E-state index contributed by atoms with van der Waals surface area (Å²) in [5.74, 6) is 0. The van der Waals surface area contributed by atoms with Crippen LogP contribution in [0.5, 0.6) is 0 Å². The first-order valence-electron chi connectivity index (χ1n) is 7.47. The fourth-order valence-corrected chi connectivity index (χ4v) is 4.33. The molecule has 106 valence electrons. The zero-order valence-electron chi connectivity index (χ0n) is 12.1. The Morgan fingerprint density at radius 3 is 2.00 bits per heavy atom. The van der Waals surface area contributed by atoms with E-state index in [1.165, 1.54) is 26.9 Å². The molecule has 1 nitrogen and oxygen atoms in total. The molecule has 0 saturated carbocycles. The van der Waals surface area contributed by atoms with Crippen LogP contribution < -0.4 is 0 Å². The number of hydrogen-bond donors (Lipinski definition) is 0. The van der Waals surface area contributed by atoms with Gasteiger partial charge in [0, 0.05) is 9.86 Å². The zero-order valence-corrected chi connectivity index (χ0v) is 13.7. The van der Waals surface area contributed by atoms with Gasteiger partial charge < -0.3 is 0 Å². The number of rotatable bonds is 0. The lowest BCUT2D eigenvalue weighted by atomic mass is 9.88. The van der Waals surface area contributed by atoms with Gasteiger partial charge in [0.1, 0.15) is 6.07 Å². The average molecular weight is 356 g/mol. The third-order valence-corrected chi connectivity index (χ3v) is 5.32. The molecule has 0 atom stereocenters. The first-order chi connectivity index (χ1) is 11.3. The number of fused-ring (bicyclic) bond motifs is 2. The summed E-state index contributed by atoms with van der Waals surface area (Å²) in [6, 6.07) is 23.6. The minimum Gasteiger partial charge on any atom is -0.192 e. The molecular weight excluding hydrogens is 346 g/mol. The summed E-state index contributed by atoms with van der Waals surface area (Å²) >= 11 is 3.58. The highest BCUT2D eigenvalue weighted by Crippen LogP contribution is 2.43. The van der Waals surface area contributed by atoms with Crippen molar-refractivity contribution in [3.05, 3.63) is 70.7 Å². The summed E-state index contributed by atoms with van der Waals surface area (Å²) < 4.78 is 0.857. The van der Waals surface area contributed by atoms with E-state index in [1.807, 2.05) is 0 Å². The van der Waals surface area contributed by atoms with Gasteiger partial charge in [0.25, 0.3) is 0 Å². The molecule has 0 heterocycles. The number of hydrogen-bond acceptors (Lipinski definition) is 1. The van der Waals surface area contributed by atoms with Crippen LogP contribution in [-0.2, 0) is 0 Å². The Balaban J connectivity index is 2.32. The van der Waals surface area contributed by atoms with Crippen LogP contribution in [0.3, 0.4) is 0 Å². The Morgan fingerprint density at radius 2 is 1.30 bits per heavy atom. The SMILES string of the molecule is N#Cc1c(Br)cc2cccc3c4cccc5cccc(c1c23)c54. The van der Waals surface area contributed by atoms with Crippen molar-refractivity contribution in [3.8, 4) is 6.07 Å². The molecule has 5 aromatic rings. The second-order valence-corrected chi connectivity index (χ2v) is 6.69. The molecule has 0 unspecified atom stereocenters. The first-order valence-corrected chi connectivity index (χ1v) is 8.26. The predicted octanol–water partition coefficient (Wildman–Crippen LogP) is 6.37. The van der Waals surface area contributed by atoms with Gasteiger partial charge in [0.05, 0.1) is 5.56 Å². The van der Waals surface area contributed by atoms with Crippen molar-refractivity contribution in [3.63, 3.8) is 0 Å². The van der Waals surface area contributed by atoms with E-state index in [0.717, 1.165) is 20.6 Å². The van der Waals surface area contributed by atoms with Gasteiger partial charge in [0.15, 0.2) is 0 Å². The summed E-state index contributed by atoms with van der Waals surface area (Å²) in [6.07, 6.45) is 0. The lowest BCUT2D eigenvalue weighted by molar-refractivity contribution is 1.50. The Kier molecular flexibility index (Phi) is 2.48. The van der Waals surface area contributed by atoms with Crippen molar-refractivity contribution in [1.29, 1.82) is 5.26 Å². The Morgan fingerprint density at radius 1 is 0.696 bits per heavy atom. The molecule has 0 N–H and O–H groups in total. The van der Waals surface area contributed by atoms with Crippen LogP contribution in [0.2, 0.25) is 0 Å². The van der Waals surface area contributed by atoms with Crippen LogP contribution >= 0.6 is 15.9 Å². The topological polar surface area (TPSA) is 23.8 Å². The fourth-order valence-electron chi connectivity index (χ4n) is 3.80. The fraction of sp³-hybridized carbons (Fsp3) is 0. The smallest absolute Gasteiger partial charge is 0.101 e. The monoisotopic (exact) mass is 355 g/mol. The van der Waals surface area contributed by atoms with Gasteiger partial charge >= 0.3 is 0 Å². The van der Waals surface area contributed by atoms with Crippen LogP contribution in [0.1, 0.15) is 5.56 Å². The van der Waals surface area contributed by atoms with Gasteiger partial charge in [-0.3, -0.25) is 0 Å². The number of nitriles is 1. The minimum atomic E-state index is 0.715. The van der Waals surface area contributed by atoms with E-state index in [4.69, 9.17) is 0 Å². The third kappa shape index (κ3) is 1.55. The standard InChI is InChI=1S/C21H10BrN/c22-18-10-13-6-3-8-15-14-7-1-4-12-5-2-9-16(19(12)14)21(20(13)15)17(18)11-23/h1-10H. The Bertz CT molecular complexity index is 1270. The summed E-state index contributed by atoms with van der Waals surface area (Å²) in [5.41, 5.74) is 0.715. The molecule has 0 aliphatic rings. The number of halogens is 1. The van der Waals surface area contributed by atoms with Crippen LogP contribution in [0.25, 0.3) is 43.1 Å². The zero-order chi connectivity index (χ0) is 15.6. The third-order valence-electron chi connectivity index (χ3n) is 4.69. The van der Waals surface area contributed by atoms with Crippen LogP contribution in [0.15, 0.2) is 65.1 Å². The lowest BCUT2D eigenvalue weighted by Gasteiger charge is -2.15. The van der Waals surface area contributed by atoms with Crippen molar-refractivity contribution >= 4 is 59.0 Å². The average Bonchev–Trinajstić information content (AvgIpc) is 2.58. The van der Waals surface area contributed by atoms with Gasteiger partial charge in [-0.2, -0.15) is 5.26 Å². The van der Waals surface area contributed by atoms with Crippen LogP contribution in [0, 0.1) is 11.3 Å². The molecule has 0 spiro atoms. The number of benzene rings is 5. The van der Waals surface area contributed by atoms with Crippen LogP contribution in [-0.4, -0.2) is 0 Å². The molecule has 5 aromatic carbocycles. The van der Waals surface area contributed by atoms with Gasteiger partial charge in [-0.05, 0) is 59.7 Å². The van der Waals surface area contributed by atoms with Crippen molar-refractivity contribution < 1.29 is 0 Å². The van der Waals surface area contributed by atoms with Crippen molar-refractivity contribution in [2.45, 2.75) is 0 Å². The summed E-state index contributed by atoms with van der Waals surface area (Å²) in [7, 11) is 0. The molecule has 0 bridgehead atoms. The van der Waals surface area contributed by atoms with Gasteiger partial charge in [-0.15, -0.1) is 0 Å². The van der Waals surface area contributed by atoms with E-state index in [0.29, 0.717) is 5.56 Å². The Labute approximate surface area is 141 Å². The van der Waals surface area contributed by atoms with Gasteiger partial charge in [-0.25, -0.2) is 0 Å². The molecular formula is C21H10BrN. The highest BCUT2D eigenvalue weighted by Gasteiger charge is 2.17. The largest absolute Gasteiger partial charge is 0.192 e. The van der Waals surface area contributed by atoms with Crippen molar-refractivity contribution in [1.82, 2.24) is 0 Å². The molecule has 0 saturated heterocycles. The van der Waals surface area contributed by atoms with Crippen molar-refractivity contribution in [2.75, 3.05) is 0 Å². The molecule has 0 aliphatic carbocycles. The number of nitrogens with zero attached hydrogens (tertiary/aromatic N) is 1. The molecule has 0 radical (unpaired) electrons. The molecule has 2 heteroatoms. The summed E-state index contributed by atoms with van der Waals surface area (Å²) in [6.45, 7) is 0. The first kappa shape index (κ1) is 12.9. The normalized spacial score (nSPS) is 11.7. The highest BCUT2D eigenvalue weighted by molar-refractivity contribution is 9.10. The van der Waals surface area contributed by atoms with E-state index < -0.39 is 0 Å². The Hall–Kier alpha value is -2.63. The molecule has 0 fully saturated rings. The molecule has 0 amide bonds. The molecule has 0 aliphatic heterocycles. The van der Waals surface area contributed by atoms with E-state index in [-0.39, 0.29) is 0 Å². The van der Waals surface area contributed by atoms with E-state index >= 15 is 0 Å². The maximum atomic E-state index is 9.73. The van der Waals surface area contributed by atoms with Gasteiger partial charge in [-0.1, -0.05) is 54.6 Å². The van der Waals surface area contributed by atoms with E-state index in [9.17, 15) is 5.26 Å². The predicted molar refractivity (Wildman–Crippen MR) is 100 cm³/mol. The second-order valence-electron chi connectivity index (χ2n) is 5.83. The highest BCUT2D eigenvalue weighted by atomic mass is 79.9.